The molecule has 136 valence electrons. The standard InChI is InChI=1S/C18H17ClN2O3S2/c1-4-10-8(2)25-18(13(10)16(20)22)21-17(23)15-14(19)11-6-5-9(24-3)7-12(11)26-15/h5-7H,4H2,1-3H3,(H2,20,22)(H,21,23). The van der Waals surface area contributed by atoms with Crippen LogP contribution in [0.4, 0.5) is 5.00 Å². The number of carbonyl (C=O) groups is 2. The number of benzene rings is 1. The van der Waals surface area contributed by atoms with E-state index in [1.54, 1.807) is 13.2 Å². The van der Waals surface area contributed by atoms with E-state index >= 15 is 0 Å². The molecule has 3 aromatic rings. The molecule has 0 spiro atoms. The van der Waals surface area contributed by atoms with Crippen LogP contribution in [0.2, 0.25) is 5.02 Å². The number of nitrogens with one attached hydrogen (secondary N) is 1. The average Bonchev–Trinajstić information content (AvgIpc) is 3.11. The first-order chi connectivity index (χ1) is 12.4. The molecule has 0 aliphatic rings. The Bertz CT molecular complexity index is 1020. The number of primary amides is 1. The SMILES string of the molecule is CCc1c(C)sc(NC(=O)c2sc3cc(OC)ccc3c2Cl)c1C(N)=O. The van der Waals surface area contributed by atoms with Gasteiger partial charge in [0.15, 0.2) is 0 Å². The molecular weight excluding hydrogens is 392 g/mol. The highest BCUT2D eigenvalue weighted by molar-refractivity contribution is 7.22. The summed E-state index contributed by atoms with van der Waals surface area (Å²) in [6, 6.07) is 5.45. The van der Waals surface area contributed by atoms with Gasteiger partial charge in [0.05, 0.1) is 17.7 Å². The fourth-order valence-corrected chi connectivity index (χ4v) is 5.42. The molecule has 3 N–H and O–H groups in total. The number of halogens is 1. The fourth-order valence-electron chi connectivity index (χ4n) is 2.83. The van der Waals surface area contributed by atoms with Gasteiger partial charge in [0.2, 0.25) is 0 Å². The zero-order valence-corrected chi connectivity index (χ0v) is 16.8. The summed E-state index contributed by atoms with van der Waals surface area (Å²) in [5, 5.41) is 4.44. The fraction of sp³-hybridized carbons (Fsp3) is 0.222. The smallest absolute Gasteiger partial charge is 0.267 e. The van der Waals surface area contributed by atoms with Crippen molar-refractivity contribution < 1.29 is 14.3 Å². The summed E-state index contributed by atoms with van der Waals surface area (Å²) < 4.78 is 6.06. The van der Waals surface area contributed by atoms with Gasteiger partial charge in [0.25, 0.3) is 11.8 Å². The van der Waals surface area contributed by atoms with Crippen molar-refractivity contribution in [1.82, 2.24) is 0 Å². The van der Waals surface area contributed by atoms with E-state index in [2.05, 4.69) is 5.32 Å². The van der Waals surface area contributed by atoms with Gasteiger partial charge in [0.1, 0.15) is 15.6 Å². The molecule has 2 amide bonds. The quantitative estimate of drug-likeness (QED) is 0.633. The monoisotopic (exact) mass is 408 g/mol. The number of nitrogens with two attached hydrogens (primary N) is 1. The summed E-state index contributed by atoms with van der Waals surface area (Å²) in [5.74, 6) is -0.213. The summed E-state index contributed by atoms with van der Waals surface area (Å²) in [6.45, 7) is 3.85. The minimum absolute atomic E-state index is 0.360. The summed E-state index contributed by atoms with van der Waals surface area (Å²) in [7, 11) is 1.58. The number of ether oxygens (including phenoxy) is 1. The topological polar surface area (TPSA) is 81.4 Å². The molecule has 3 rings (SSSR count). The van der Waals surface area contributed by atoms with Crippen LogP contribution in [0.25, 0.3) is 10.1 Å². The van der Waals surface area contributed by atoms with Crippen LogP contribution in [0.1, 0.15) is 37.4 Å². The molecule has 2 aromatic heterocycles. The highest BCUT2D eigenvalue weighted by atomic mass is 35.5. The summed E-state index contributed by atoms with van der Waals surface area (Å²) in [6.07, 6.45) is 0.667. The maximum atomic E-state index is 12.8. The largest absolute Gasteiger partial charge is 0.497 e. The summed E-state index contributed by atoms with van der Waals surface area (Å²) >= 11 is 9.02. The number of fused-ring (bicyclic) bond motifs is 1. The van der Waals surface area contributed by atoms with E-state index in [4.69, 9.17) is 22.1 Å². The zero-order valence-electron chi connectivity index (χ0n) is 14.4. The van der Waals surface area contributed by atoms with Crippen molar-refractivity contribution in [3.05, 3.63) is 44.1 Å². The van der Waals surface area contributed by atoms with E-state index < -0.39 is 5.91 Å². The first-order valence-corrected chi connectivity index (χ1v) is 9.87. The van der Waals surface area contributed by atoms with E-state index in [1.807, 2.05) is 26.0 Å². The second kappa shape index (κ2) is 7.26. The van der Waals surface area contributed by atoms with Gasteiger partial charge in [-0.2, -0.15) is 0 Å². The number of carbonyl (C=O) groups excluding carboxylic acids is 2. The molecule has 0 saturated heterocycles. The number of amides is 2. The molecule has 0 aliphatic heterocycles. The van der Waals surface area contributed by atoms with Crippen molar-refractivity contribution in [2.75, 3.05) is 12.4 Å². The first-order valence-electron chi connectivity index (χ1n) is 7.86. The van der Waals surface area contributed by atoms with Gasteiger partial charge in [0, 0.05) is 15.0 Å². The van der Waals surface area contributed by atoms with Gasteiger partial charge >= 0.3 is 0 Å². The van der Waals surface area contributed by atoms with Gasteiger partial charge in [-0.05, 0) is 37.1 Å². The third-order valence-corrected chi connectivity index (χ3v) is 6.80. The van der Waals surface area contributed by atoms with E-state index in [9.17, 15) is 9.59 Å². The molecule has 0 fully saturated rings. The summed E-state index contributed by atoms with van der Waals surface area (Å²) in [5.41, 5.74) is 6.76. The zero-order chi connectivity index (χ0) is 19.0. The lowest BCUT2D eigenvalue weighted by molar-refractivity contribution is 0.100. The molecule has 26 heavy (non-hydrogen) atoms. The second-order valence-electron chi connectivity index (χ2n) is 5.62. The molecule has 1 aromatic carbocycles. The Morgan fingerprint density at radius 1 is 1.31 bits per heavy atom. The van der Waals surface area contributed by atoms with Gasteiger partial charge in [-0.25, -0.2) is 0 Å². The molecule has 5 nitrogen and oxygen atoms in total. The molecule has 0 bridgehead atoms. The van der Waals surface area contributed by atoms with Crippen molar-refractivity contribution in [1.29, 1.82) is 0 Å². The number of hydrogen-bond donors (Lipinski definition) is 2. The van der Waals surface area contributed by atoms with Crippen molar-refractivity contribution in [2.24, 2.45) is 5.73 Å². The number of methoxy groups -OCH3 is 1. The van der Waals surface area contributed by atoms with Crippen LogP contribution in [-0.4, -0.2) is 18.9 Å². The molecule has 2 heterocycles. The second-order valence-corrected chi connectivity index (χ2v) is 8.28. The molecule has 0 saturated carbocycles. The van der Waals surface area contributed by atoms with Crippen LogP contribution in [0.15, 0.2) is 18.2 Å². The van der Waals surface area contributed by atoms with Crippen LogP contribution in [-0.2, 0) is 6.42 Å². The van der Waals surface area contributed by atoms with Crippen LogP contribution in [0.5, 0.6) is 5.75 Å². The molecular formula is C18H17ClN2O3S2. The van der Waals surface area contributed by atoms with Crippen LogP contribution in [0, 0.1) is 6.92 Å². The van der Waals surface area contributed by atoms with Crippen LogP contribution in [0.3, 0.4) is 0 Å². The first kappa shape index (κ1) is 18.7. The van der Waals surface area contributed by atoms with Crippen LogP contribution < -0.4 is 15.8 Å². The Hall–Kier alpha value is -2.09. The lowest BCUT2D eigenvalue weighted by Gasteiger charge is -2.05. The minimum Gasteiger partial charge on any atom is -0.497 e. The van der Waals surface area contributed by atoms with E-state index in [-0.39, 0.29) is 5.91 Å². The Morgan fingerprint density at radius 2 is 2.04 bits per heavy atom. The number of anilines is 1. The lowest BCUT2D eigenvalue weighted by Crippen LogP contribution is -2.17. The number of hydrogen-bond acceptors (Lipinski definition) is 5. The Kier molecular flexibility index (Phi) is 5.22. The maximum absolute atomic E-state index is 12.8. The van der Waals surface area contributed by atoms with Gasteiger partial charge < -0.3 is 15.8 Å². The predicted molar refractivity (Wildman–Crippen MR) is 108 cm³/mol. The highest BCUT2D eigenvalue weighted by Gasteiger charge is 2.23. The highest BCUT2D eigenvalue weighted by Crippen LogP contribution is 2.39. The summed E-state index contributed by atoms with van der Waals surface area (Å²) in [4.78, 5) is 26.0. The van der Waals surface area contributed by atoms with Crippen molar-refractivity contribution in [2.45, 2.75) is 20.3 Å². The molecule has 0 unspecified atom stereocenters. The molecule has 0 radical (unpaired) electrons. The normalized spacial score (nSPS) is 10.9. The van der Waals surface area contributed by atoms with Gasteiger partial charge in [-0.1, -0.05) is 18.5 Å². The van der Waals surface area contributed by atoms with Crippen LogP contribution >= 0.6 is 34.3 Å². The molecule has 0 atom stereocenters. The number of aryl methyl sites for hydroxylation is 1. The van der Waals surface area contributed by atoms with E-state index in [0.29, 0.717) is 32.6 Å². The Labute approximate surface area is 163 Å². The Morgan fingerprint density at radius 3 is 2.65 bits per heavy atom. The number of rotatable bonds is 5. The minimum atomic E-state index is -0.548. The maximum Gasteiger partial charge on any atom is 0.267 e. The van der Waals surface area contributed by atoms with Crippen molar-refractivity contribution in [3.8, 4) is 5.75 Å². The van der Waals surface area contributed by atoms with Gasteiger partial charge in [-0.15, -0.1) is 22.7 Å². The number of thiophene rings is 2. The Balaban J connectivity index is 2.00. The van der Waals surface area contributed by atoms with E-state index in [1.165, 1.54) is 22.7 Å². The third kappa shape index (κ3) is 3.18. The lowest BCUT2D eigenvalue weighted by atomic mass is 10.1. The average molecular weight is 409 g/mol. The van der Waals surface area contributed by atoms with Crippen molar-refractivity contribution >= 4 is 61.2 Å². The predicted octanol–water partition coefficient (Wildman–Crippen LogP) is 4.85. The third-order valence-electron chi connectivity index (χ3n) is 4.08. The van der Waals surface area contributed by atoms with Gasteiger partial charge in [-0.3, -0.25) is 9.59 Å². The molecule has 0 aliphatic carbocycles. The molecule has 8 heteroatoms. The van der Waals surface area contributed by atoms with E-state index in [0.717, 1.165) is 20.5 Å². The van der Waals surface area contributed by atoms with Crippen molar-refractivity contribution in [3.63, 3.8) is 0 Å².